The standard InChI is InChI=1S/C8H7O2.Fe.O/c9-7-10-6-8-4-2-1-3-5-8;;/h1-5H,6H2;;/q-1;+3;-2. The molecule has 1 rings (SSSR count). The summed E-state index contributed by atoms with van der Waals surface area (Å²) in [6, 6.07) is 9.47. The third-order valence-electron chi connectivity index (χ3n) is 1.14. The molecular weight excluding hydrogens is 200 g/mol. The van der Waals surface area contributed by atoms with E-state index in [1.54, 1.807) is 0 Å². The van der Waals surface area contributed by atoms with Gasteiger partial charge in [-0.05, 0) is 5.56 Å². The second-order valence-corrected chi connectivity index (χ2v) is 1.86. The average molecular weight is 207 g/mol. The Morgan fingerprint density at radius 2 is 1.83 bits per heavy atom. The van der Waals surface area contributed by atoms with Gasteiger partial charge in [0.25, 0.3) is 0 Å². The Labute approximate surface area is 81.5 Å². The SMILES string of the molecule is O=[C-]OCc1ccccc1.[Fe+3].[O-2]. The number of rotatable bonds is 3. The molecule has 0 fully saturated rings. The quantitative estimate of drug-likeness (QED) is 0.551. The Hall–Kier alpha value is -0.831. The van der Waals surface area contributed by atoms with E-state index in [4.69, 9.17) is 0 Å². The van der Waals surface area contributed by atoms with Crippen LogP contribution in [0.25, 0.3) is 0 Å². The molecule has 0 bridgehead atoms. The molecule has 0 saturated heterocycles. The van der Waals surface area contributed by atoms with Crippen molar-refractivity contribution in [2.75, 3.05) is 0 Å². The monoisotopic (exact) mass is 207 g/mol. The third-order valence-corrected chi connectivity index (χ3v) is 1.14. The van der Waals surface area contributed by atoms with Crippen molar-refractivity contribution in [2.24, 2.45) is 0 Å². The normalized spacial score (nSPS) is 7.33. The van der Waals surface area contributed by atoms with Gasteiger partial charge in [0.05, 0.1) is 6.61 Å². The molecule has 1 radical (unpaired) electrons. The molecule has 0 aromatic heterocycles. The fourth-order valence-electron chi connectivity index (χ4n) is 0.687. The Morgan fingerprint density at radius 3 is 2.33 bits per heavy atom. The predicted molar refractivity (Wildman–Crippen MR) is 37.6 cm³/mol. The molecule has 0 aliphatic rings. The number of ether oxygens (including phenoxy) is 1. The van der Waals surface area contributed by atoms with Gasteiger partial charge in [-0.1, -0.05) is 36.8 Å². The van der Waals surface area contributed by atoms with E-state index in [-0.39, 0.29) is 22.5 Å². The number of hydrogen-bond acceptors (Lipinski definition) is 2. The molecule has 65 valence electrons. The molecule has 0 amide bonds. The van der Waals surface area contributed by atoms with Crippen LogP contribution < -0.4 is 0 Å². The summed E-state index contributed by atoms with van der Waals surface area (Å²) in [5.74, 6) is 0. The Kier molecular flexibility index (Phi) is 9.47. The molecule has 12 heavy (non-hydrogen) atoms. The minimum absolute atomic E-state index is 0. The van der Waals surface area contributed by atoms with Crippen molar-refractivity contribution in [3.8, 4) is 0 Å². The van der Waals surface area contributed by atoms with Crippen LogP contribution in [0.3, 0.4) is 0 Å². The largest absolute Gasteiger partial charge is 3.00 e. The topological polar surface area (TPSA) is 54.8 Å². The summed E-state index contributed by atoms with van der Waals surface area (Å²) in [6.07, 6.45) is 0. The summed E-state index contributed by atoms with van der Waals surface area (Å²) in [5.41, 5.74) is 0.978. The van der Waals surface area contributed by atoms with Crippen LogP contribution >= 0.6 is 0 Å². The minimum atomic E-state index is 0. The van der Waals surface area contributed by atoms with Gasteiger partial charge in [-0.15, -0.1) is 0 Å². The smallest absolute Gasteiger partial charge is 2.00 e. The van der Waals surface area contributed by atoms with Crippen LogP contribution in [0.4, 0.5) is 0 Å². The van der Waals surface area contributed by atoms with Crippen molar-refractivity contribution in [2.45, 2.75) is 6.61 Å². The van der Waals surface area contributed by atoms with Crippen molar-refractivity contribution in [1.29, 1.82) is 0 Å². The van der Waals surface area contributed by atoms with Crippen molar-refractivity contribution < 1.29 is 32.1 Å². The predicted octanol–water partition coefficient (Wildman–Crippen LogP) is 1.15. The second kappa shape index (κ2) is 8.27. The van der Waals surface area contributed by atoms with E-state index < -0.39 is 0 Å². The summed E-state index contributed by atoms with van der Waals surface area (Å²) in [4.78, 5) is 9.63. The fourth-order valence-corrected chi connectivity index (χ4v) is 0.687. The van der Waals surface area contributed by atoms with Crippen molar-refractivity contribution in [1.82, 2.24) is 0 Å². The van der Waals surface area contributed by atoms with Gasteiger partial charge in [0.15, 0.2) is 0 Å². The van der Waals surface area contributed by atoms with E-state index in [9.17, 15) is 4.79 Å². The van der Waals surface area contributed by atoms with Gasteiger partial charge in [-0.3, -0.25) is 0 Å². The summed E-state index contributed by atoms with van der Waals surface area (Å²) in [6.45, 7) is 1.68. The molecule has 3 nitrogen and oxygen atoms in total. The number of hydrogen-bond donors (Lipinski definition) is 0. The van der Waals surface area contributed by atoms with E-state index in [0.717, 1.165) is 5.56 Å². The molecule has 4 heteroatoms. The van der Waals surface area contributed by atoms with Crippen molar-refractivity contribution >= 4 is 6.47 Å². The zero-order valence-electron chi connectivity index (χ0n) is 6.17. The second-order valence-electron chi connectivity index (χ2n) is 1.86. The van der Waals surface area contributed by atoms with Crippen LogP contribution in [0.15, 0.2) is 30.3 Å². The van der Waals surface area contributed by atoms with Gasteiger partial charge >= 0.3 is 17.1 Å². The summed E-state index contributed by atoms with van der Waals surface area (Å²) >= 11 is 0. The fraction of sp³-hybridized carbons (Fsp3) is 0.125. The van der Waals surface area contributed by atoms with Crippen molar-refractivity contribution in [3.05, 3.63) is 35.9 Å². The zero-order chi connectivity index (χ0) is 7.23. The van der Waals surface area contributed by atoms with E-state index in [1.165, 1.54) is 6.47 Å². The molecule has 0 heterocycles. The Balaban J connectivity index is 0. The molecule has 0 saturated carbocycles. The van der Waals surface area contributed by atoms with Gasteiger partial charge in [-0.2, -0.15) is 0 Å². The first-order valence-electron chi connectivity index (χ1n) is 2.96. The van der Waals surface area contributed by atoms with Crippen LogP contribution in [-0.4, -0.2) is 6.47 Å². The first-order valence-corrected chi connectivity index (χ1v) is 2.96. The maximum absolute atomic E-state index is 9.63. The molecule has 0 spiro atoms. The first-order chi connectivity index (χ1) is 4.93. The van der Waals surface area contributed by atoms with Gasteiger partial charge in [-0.25, -0.2) is 0 Å². The molecule has 0 atom stereocenters. The maximum Gasteiger partial charge on any atom is 3.00 e. The molecule has 1 aromatic carbocycles. The Bertz CT molecular complexity index is 201. The van der Waals surface area contributed by atoms with Crippen LogP contribution in [0.1, 0.15) is 5.56 Å². The maximum atomic E-state index is 9.63. The van der Waals surface area contributed by atoms with Gasteiger partial charge in [0.2, 0.25) is 0 Å². The van der Waals surface area contributed by atoms with E-state index in [0.29, 0.717) is 6.61 Å². The van der Waals surface area contributed by atoms with Crippen LogP contribution in [-0.2, 0) is 38.7 Å². The Morgan fingerprint density at radius 1 is 1.25 bits per heavy atom. The van der Waals surface area contributed by atoms with Gasteiger partial charge in [0, 0.05) is 0 Å². The summed E-state index contributed by atoms with van der Waals surface area (Å²) in [5, 5.41) is 0. The zero-order valence-corrected chi connectivity index (χ0v) is 7.28. The first kappa shape index (κ1) is 13.7. The molecule has 0 unspecified atom stereocenters. The average Bonchev–Trinajstić information content (AvgIpc) is 2.03. The van der Waals surface area contributed by atoms with Crippen LogP contribution in [0.5, 0.6) is 0 Å². The van der Waals surface area contributed by atoms with Crippen LogP contribution in [0, 0.1) is 0 Å². The molecular formula is C8H7FeO3. The van der Waals surface area contributed by atoms with E-state index >= 15 is 0 Å². The minimum Gasteiger partial charge on any atom is -2.00 e. The molecule has 0 aliphatic heterocycles. The summed E-state index contributed by atoms with van der Waals surface area (Å²) in [7, 11) is 0. The summed E-state index contributed by atoms with van der Waals surface area (Å²) < 4.78 is 4.41. The van der Waals surface area contributed by atoms with E-state index in [2.05, 4.69) is 4.74 Å². The molecule has 1 aromatic rings. The number of benzene rings is 1. The molecule has 0 N–H and O–H groups in total. The van der Waals surface area contributed by atoms with E-state index in [1.807, 2.05) is 30.3 Å². The van der Waals surface area contributed by atoms with Crippen molar-refractivity contribution in [3.63, 3.8) is 0 Å². The van der Waals surface area contributed by atoms with Gasteiger partial charge in [0.1, 0.15) is 0 Å². The third kappa shape index (κ3) is 4.91. The van der Waals surface area contributed by atoms with Gasteiger partial charge < -0.3 is 15.0 Å². The molecule has 0 aliphatic carbocycles. The van der Waals surface area contributed by atoms with Crippen LogP contribution in [0.2, 0.25) is 0 Å². The number of carbonyl (C=O) groups excluding carboxylic acids is 1.